The SMILES string of the molecule is CC(C)N1CC2(CN(c3nc(C4CC4)nc(Nc4cc(C5CC(F)(F)C5)[nH]n4)c3F)C2)C1. The summed E-state index contributed by atoms with van der Waals surface area (Å²) in [5.74, 6) is -1.55. The molecule has 2 saturated heterocycles. The molecule has 6 rings (SSSR count). The summed E-state index contributed by atoms with van der Waals surface area (Å²) < 4.78 is 41.8. The molecule has 4 fully saturated rings. The van der Waals surface area contributed by atoms with Gasteiger partial charge in [0.05, 0.1) is 0 Å². The maximum atomic E-state index is 15.4. The molecular weight excluding hydrogens is 419 g/mol. The fourth-order valence-corrected chi connectivity index (χ4v) is 5.17. The van der Waals surface area contributed by atoms with Crippen molar-refractivity contribution in [2.45, 2.75) is 63.3 Å². The number of anilines is 3. The Bertz CT molecular complexity index is 1030. The molecule has 7 nitrogen and oxygen atoms in total. The number of rotatable bonds is 6. The summed E-state index contributed by atoms with van der Waals surface area (Å²) in [6.07, 6.45) is 1.66. The normalized spacial score (nSPS) is 24.4. The van der Waals surface area contributed by atoms with Crippen LogP contribution in [0, 0.1) is 11.2 Å². The number of nitrogens with zero attached hydrogens (tertiary/aromatic N) is 5. The zero-order chi connectivity index (χ0) is 22.3. The molecule has 2 N–H and O–H groups in total. The molecule has 10 heteroatoms. The summed E-state index contributed by atoms with van der Waals surface area (Å²) in [7, 11) is 0. The van der Waals surface area contributed by atoms with Gasteiger partial charge in [0.25, 0.3) is 0 Å². The van der Waals surface area contributed by atoms with E-state index in [1.807, 2.05) is 4.90 Å². The van der Waals surface area contributed by atoms with Crippen molar-refractivity contribution in [1.82, 2.24) is 25.1 Å². The van der Waals surface area contributed by atoms with Crippen LogP contribution in [0.25, 0.3) is 0 Å². The minimum absolute atomic E-state index is 0.104. The molecule has 0 unspecified atom stereocenters. The third-order valence-corrected chi connectivity index (χ3v) is 7.33. The monoisotopic (exact) mass is 447 g/mol. The van der Waals surface area contributed by atoms with Crippen LogP contribution in [0.4, 0.5) is 30.6 Å². The molecule has 0 aromatic carbocycles. The lowest BCUT2D eigenvalue weighted by Gasteiger charge is -2.61. The van der Waals surface area contributed by atoms with Gasteiger partial charge in [-0.1, -0.05) is 0 Å². The molecule has 2 saturated carbocycles. The molecule has 4 aliphatic rings. The highest BCUT2D eigenvalue weighted by Crippen LogP contribution is 2.48. The van der Waals surface area contributed by atoms with Gasteiger partial charge in [-0.15, -0.1) is 0 Å². The Morgan fingerprint density at radius 2 is 1.81 bits per heavy atom. The van der Waals surface area contributed by atoms with E-state index in [1.54, 1.807) is 6.07 Å². The number of aromatic amines is 1. The number of nitrogens with one attached hydrogen (secondary N) is 2. The first-order chi connectivity index (χ1) is 15.2. The highest BCUT2D eigenvalue weighted by atomic mass is 19.3. The Morgan fingerprint density at radius 1 is 1.09 bits per heavy atom. The second-order valence-electron chi connectivity index (χ2n) is 10.5. The van der Waals surface area contributed by atoms with Gasteiger partial charge in [-0.05, 0) is 26.7 Å². The molecule has 0 radical (unpaired) electrons. The van der Waals surface area contributed by atoms with E-state index in [0.29, 0.717) is 29.2 Å². The van der Waals surface area contributed by atoms with Gasteiger partial charge in [-0.25, -0.2) is 18.7 Å². The fraction of sp³-hybridized carbons (Fsp3) is 0.682. The van der Waals surface area contributed by atoms with Crippen LogP contribution in [0.2, 0.25) is 0 Å². The van der Waals surface area contributed by atoms with Crippen LogP contribution in [0.3, 0.4) is 0 Å². The summed E-state index contributed by atoms with van der Waals surface area (Å²) in [6.45, 7) is 8.09. The van der Waals surface area contributed by atoms with E-state index in [1.165, 1.54) is 0 Å². The average Bonchev–Trinajstić information content (AvgIpc) is 3.39. The van der Waals surface area contributed by atoms with Crippen molar-refractivity contribution in [1.29, 1.82) is 0 Å². The molecule has 0 bridgehead atoms. The Balaban J connectivity index is 1.20. The van der Waals surface area contributed by atoms with Crippen molar-refractivity contribution in [2.75, 3.05) is 36.4 Å². The van der Waals surface area contributed by atoms with Gasteiger partial charge in [0.1, 0.15) is 5.82 Å². The summed E-state index contributed by atoms with van der Waals surface area (Å²) in [5, 5.41) is 9.91. The van der Waals surface area contributed by atoms with Crippen LogP contribution in [-0.4, -0.2) is 63.2 Å². The second kappa shape index (κ2) is 6.82. The molecule has 2 aliphatic heterocycles. The smallest absolute Gasteiger partial charge is 0.249 e. The summed E-state index contributed by atoms with van der Waals surface area (Å²) in [5.41, 5.74) is 0.886. The highest BCUT2D eigenvalue weighted by molar-refractivity contribution is 5.60. The van der Waals surface area contributed by atoms with Crippen molar-refractivity contribution in [2.24, 2.45) is 5.41 Å². The quantitative estimate of drug-likeness (QED) is 0.697. The van der Waals surface area contributed by atoms with Gasteiger partial charge < -0.3 is 10.2 Å². The molecule has 0 amide bonds. The Kier molecular flexibility index (Phi) is 4.32. The van der Waals surface area contributed by atoms with Crippen molar-refractivity contribution in [3.8, 4) is 0 Å². The number of aromatic nitrogens is 4. The number of halogens is 3. The minimum atomic E-state index is -2.60. The zero-order valence-corrected chi connectivity index (χ0v) is 18.3. The number of hydrogen-bond donors (Lipinski definition) is 2. The van der Waals surface area contributed by atoms with Crippen molar-refractivity contribution < 1.29 is 13.2 Å². The van der Waals surface area contributed by atoms with Gasteiger partial charge in [-0.2, -0.15) is 9.49 Å². The number of alkyl halides is 2. The Morgan fingerprint density at radius 3 is 2.44 bits per heavy atom. The lowest BCUT2D eigenvalue weighted by molar-refractivity contribution is -0.0876. The second-order valence-corrected chi connectivity index (χ2v) is 10.5. The molecule has 1 spiro atoms. The van der Waals surface area contributed by atoms with E-state index in [0.717, 1.165) is 39.0 Å². The summed E-state index contributed by atoms with van der Waals surface area (Å²) >= 11 is 0. The first kappa shape index (κ1) is 20.3. The van der Waals surface area contributed by atoms with Crippen LogP contribution in [-0.2, 0) is 0 Å². The molecule has 2 aliphatic carbocycles. The van der Waals surface area contributed by atoms with Crippen molar-refractivity contribution in [3.63, 3.8) is 0 Å². The number of hydrogen-bond acceptors (Lipinski definition) is 6. The van der Waals surface area contributed by atoms with Gasteiger partial charge in [0.2, 0.25) is 11.7 Å². The standard InChI is InChI=1S/C22H28F3N7/c1-12(2)31-8-21(9-31)10-32(11-21)20-17(23)19(27-18(28-20)13-3-4-13)26-16-5-15(29-30-16)14-6-22(24,25)7-14/h5,12-14H,3-4,6-11H2,1-2H3,(H2,26,27,28,29,30). The van der Waals surface area contributed by atoms with Gasteiger partial charge in [-0.3, -0.25) is 10.00 Å². The van der Waals surface area contributed by atoms with E-state index in [-0.39, 0.29) is 35.9 Å². The Hall–Kier alpha value is -2.36. The summed E-state index contributed by atoms with van der Waals surface area (Å²) in [6, 6.07) is 2.21. The van der Waals surface area contributed by atoms with Crippen molar-refractivity contribution in [3.05, 3.63) is 23.4 Å². The van der Waals surface area contributed by atoms with Gasteiger partial charge >= 0.3 is 0 Å². The zero-order valence-electron chi connectivity index (χ0n) is 18.3. The maximum Gasteiger partial charge on any atom is 0.249 e. The van der Waals surface area contributed by atoms with E-state index in [2.05, 4.69) is 44.2 Å². The number of likely N-dealkylation sites (tertiary alicyclic amines) is 1. The lowest BCUT2D eigenvalue weighted by atomic mass is 9.72. The fourth-order valence-electron chi connectivity index (χ4n) is 5.17. The van der Waals surface area contributed by atoms with E-state index >= 15 is 4.39 Å². The maximum absolute atomic E-state index is 15.4. The van der Waals surface area contributed by atoms with Crippen LogP contribution < -0.4 is 10.2 Å². The van der Waals surface area contributed by atoms with E-state index < -0.39 is 11.7 Å². The predicted octanol–water partition coefficient (Wildman–Crippen LogP) is 4.00. The van der Waals surface area contributed by atoms with Crippen LogP contribution in [0.5, 0.6) is 0 Å². The largest absolute Gasteiger partial charge is 0.353 e. The predicted molar refractivity (Wildman–Crippen MR) is 114 cm³/mol. The average molecular weight is 448 g/mol. The minimum Gasteiger partial charge on any atom is -0.353 e. The van der Waals surface area contributed by atoms with Crippen LogP contribution >= 0.6 is 0 Å². The first-order valence-electron chi connectivity index (χ1n) is 11.5. The Labute approximate surface area is 184 Å². The van der Waals surface area contributed by atoms with Crippen molar-refractivity contribution >= 4 is 17.5 Å². The van der Waals surface area contributed by atoms with E-state index in [4.69, 9.17) is 0 Å². The molecule has 2 aromatic rings. The van der Waals surface area contributed by atoms with Crippen LogP contribution in [0.15, 0.2) is 6.07 Å². The third-order valence-electron chi connectivity index (χ3n) is 7.33. The van der Waals surface area contributed by atoms with Gasteiger partial charge in [0.15, 0.2) is 17.5 Å². The molecular formula is C22H28F3N7. The molecule has 2 aromatic heterocycles. The molecule has 4 heterocycles. The lowest BCUT2D eigenvalue weighted by Crippen LogP contribution is -2.73. The molecule has 172 valence electrons. The molecule has 0 atom stereocenters. The van der Waals surface area contributed by atoms with Crippen LogP contribution in [0.1, 0.15) is 62.9 Å². The molecule has 32 heavy (non-hydrogen) atoms. The summed E-state index contributed by atoms with van der Waals surface area (Å²) in [4.78, 5) is 13.5. The van der Waals surface area contributed by atoms with E-state index in [9.17, 15) is 8.78 Å². The first-order valence-corrected chi connectivity index (χ1v) is 11.5. The van der Waals surface area contributed by atoms with Gasteiger partial charge in [0, 0.05) is 74.1 Å². The highest BCUT2D eigenvalue weighted by Gasteiger charge is 2.53. The topological polar surface area (TPSA) is 73.0 Å². The number of H-pyrrole nitrogens is 1. The third kappa shape index (κ3) is 3.43.